The Balaban J connectivity index is 1.55. The molecule has 0 aromatic carbocycles. The molecule has 1 aromatic rings. The molecule has 2 N–H and O–H groups in total. The van der Waals surface area contributed by atoms with E-state index in [2.05, 4.69) is 17.2 Å². The van der Waals surface area contributed by atoms with Gasteiger partial charge in [-0.25, -0.2) is 4.98 Å². The summed E-state index contributed by atoms with van der Waals surface area (Å²) in [7, 11) is 2.00. The fourth-order valence-corrected chi connectivity index (χ4v) is 2.93. The maximum Gasteiger partial charge on any atom is 0.109 e. The molecule has 1 heterocycles. The Labute approximate surface area is 127 Å². The lowest BCUT2D eigenvalue weighted by molar-refractivity contribution is -0.0450. The van der Waals surface area contributed by atoms with Crippen molar-refractivity contribution in [2.75, 3.05) is 19.7 Å². The third-order valence-electron chi connectivity index (χ3n) is 4.36. The highest BCUT2D eigenvalue weighted by molar-refractivity contribution is 4.91. The highest BCUT2D eigenvalue weighted by Crippen LogP contribution is 2.26. The minimum absolute atomic E-state index is 0.334. The molecule has 1 aromatic heterocycles. The molecule has 0 amide bonds. The van der Waals surface area contributed by atoms with Gasteiger partial charge in [-0.1, -0.05) is 19.8 Å². The van der Waals surface area contributed by atoms with E-state index in [1.165, 1.54) is 19.3 Å². The lowest BCUT2D eigenvalue weighted by Crippen LogP contribution is -2.35. The van der Waals surface area contributed by atoms with Crippen LogP contribution in [-0.2, 0) is 18.2 Å². The number of imidazole rings is 1. The van der Waals surface area contributed by atoms with Gasteiger partial charge >= 0.3 is 0 Å². The number of nitrogens with zero attached hydrogens (tertiary/aromatic N) is 2. The Bertz CT molecular complexity index is 408. The van der Waals surface area contributed by atoms with E-state index in [9.17, 15) is 5.11 Å². The van der Waals surface area contributed by atoms with Crippen molar-refractivity contribution in [2.24, 2.45) is 13.0 Å². The summed E-state index contributed by atoms with van der Waals surface area (Å²) >= 11 is 0. The van der Waals surface area contributed by atoms with Crippen molar-refractivity contribution in [2.45, 2.75) is 51.2 Å². The first-order chi connectivity index (χ1) is 10.2. The molecule has 5 nitrogen and oxygen atoms in total. The van der Waals surface area contributed by atoms with E-state index in [0.29, 0.717) is 25.2 Å². The molecule has 5 heteroatoms. The van der Waals surface area contributed by atoms with Crippen molar-refractivity contribution in [1.82, 2.24) is 14.9 Å². The average Bonchev–Trinajstić information content (AvgIpc) is 2.88. The largest absolute Gasteiger partial charge is 0.389 e. The molecule has 120 valence electrons. The van der Waals surface area contributed by atoms with Gasteiger partial charge in [0.25, 0.3) is 0 Å². The van der Waals surface area contributed by atoms with E-state index in [-0.39, 0.29) is 0 Å². The van der Waals surface area contributed by atoms with Crippen LogP contribution in [0.15, 0.2) is 12.4 Å². The highest BCUT2D eigenvalue weighted by atomic mass is 16.5. The number of aryl methyl sites for hydroxylation is 1. The molecule has 0 radical (unpaired) electrons. The van der Waals surface area contributed by atoms with Crippen LogP contribution in [0.1, 0.15) is 38.4 Å². The summed E-state index contributed by atoms with van der Waals surface area (Å²) in [6.07, 6.45) is 9.50. The van der Waals surface area contributed by atoms with Gasteiger partial charge in [0.05, 0.1) is 18.8 Å². The number of nitrogens with one attached hydrogen (secondary N) is 1. The van der Waals surface area contributed by atoms with Crippen LogP contribution >= 0.6 is 0 Å². The van der Waals surface area contributed by atoms with E-state index in [4.69, 9.17) is 4.74 Å². The Morgan fingerprint density at radius 1 is 1.48 bits per heavy atom. The number of aliphatic hydroxyl groups is 1. The topological polar surface area (TPSA) is 59.3 Å². The van der Waals surface area contributed by atoms with Gasteiger partial charge in [0, 0.05) is 39.0 Å². The number of hydrogen-bond acceptors (Lipinski definition) is 4. The zero-order valence-corrected chi connectivity index (χ0v) is 13.3. The predicted octanol–water partition coefficient (Wildman–Crippen LogP) is 1.51. The molecule has 1 aliphatic rings. The maximum atomic E-state index is 9.97. The SMILES string of the molecule is CC1CCCCC1OCC(O)CNCCc1nccn1C. The molecule has 1 saturated carbocycles. The zero-order valence-electron chi connectivity index (χ0n) is 13.3. The number of hydrogen-bond donors (Lipinski definition) is 2. The van der Waals surface area contributed by atoms with Crippen LogP contribution in [0, 0.1) is 5.92 Å². The lowest BCUT2D eigenvalue weighted by Gasteiger charge is -2.29. The molecular formula is C16H29N3O2. The average molecular weight is 295 g/mol. The van der Waals surface area contributed by atoms with E-state index in [1.54, 1.807) is 0 Å². The number of aromatic nitrogens is 2. The minimum Gasteiger partial charge on any atom is -0.389 e. The van der Waals surface area contributed by atoms with Crippen molar-refractivity contribution in [3.8, 4) is 0 Å². The Morgan fingerprint density at radius 3 is 3.00 bits per heavy atom. The zero-order chi connectivity index (χ0) is 15.1. The number of ether oxygens (including phenoxy) is 1. The molecule has 2 rings (SSSR count). The number of aliphatic hydroxyl groups excluding tert-OH is 1. The molecule has 0 saturated heterocycles. The second kappa shape index (κ2) is 8.51. The third kappa shape index (κ3) is 5.41. The normalized spacial score (nSPS) is 24.1. The molecule has 21 heavy (non-hydrogen) atoms. The first-order valence-electron chi connectivity index (χ1n) is 8.13. The summed E-state index contributed by atoms with van der Waals surface area (Å²) < 4.78 is 7.89. The fourth-order valence-electron chi connectivity index (χ4n) is 2.93. The summed E-state index contributed by atoms with van der Waals surface area (Å²) in [6.45, 7) is 4.08. The van der Waals surface area contributed by atoms with E-state index >= 15 is 0 Å². The van der Waals surface area contributed by atoms with Crippen molar-refractivity contribution < 1.29 is 9.84 Å². The van der Waals surface area contributed by atoms with Crippen molar-refractivity contribution in [1.29, 1.82) is 0 Å². The first kappa shape index (κ1) is 16.5. The molecule has 0 bridgehead atoms. The van der Waals surface area contributed by atoms with Crippen molar-refractivity contribution in [3.05, 3.63) is 18.2 Å². The maximum absolute atomic E-state index is 9.97. The van der Waals surface area contributed by atoms with Crippen molar-refractivity contribution in [3.63, 3.8) is 0 Å². The van der Waals surface area contributed by atoms with Crippen LogP contribution in [0.2, 0.25) is 0 Å². The molecular weight excluding hydrogens is 266 g/mol. The molecule has 0 spiro atoms. The van der Waals surface area contributed by atoms with Crippen molar-refractivity contribution >= 4 is 0 Å². The second-order valence-electron chi connectivity index (χ2n) is 6.20. The summed E-state index contributed by atoms with van der Waals surface area (Å²) in [5, 5.41) is 13.2. The molecule has 3 atom stereocenters. The standard InChI is InChI=1S/C16H29N3O2/c1-13-5-3-4-6-15(13)21-12-14(20)11-17-8-7-16-18-9-10-19(16)2/h9-10,13-15,17,20H,3-8,11-12H2,1-2H3. The minimum atomic E-state index is -0.430. The van der Waals surface area contributed by atoms with Crippen LogP contribution in [0.4, 0.5) is 0 Å². The van der Waals surface area contributed by atoms with Gasteiger partial charge in [0.1, 0.15) is 5.82 Å². The summed E-state index contributed by atoms with van der Waals surface area (Å²) in [4.78, 5) is 4.27. The quantitative estimate of drug-likeness (QED) is 0.714. The van der Waals surface area contributed by atoms with Gasteiger partial charge in [-0.05, 0) is 18.8 Å². The third-order valence-corrected chi connectivity index (χ3v) is 4.36. The van der Waals surface area contributed by atoms with Crippen LogP contribution in [-0.4, -0.2) is 46.6 Å². The summed E-state index contributed by atoms with van der Waals surface area (Å²) in [5.41, 5.74) is 0. The lowest BCUT2D eigenvalue weighted by atomic mass is 9.88. The van der Waals surface area contributed by atoms with Gasteiger partial charge in [0.2, 0.25) is 0 Å². The van der Waals surface area contributed by atoms with Crippen LogP contribution in [0.5, 0.6) is 0 Å². The Hall–Kier alpha value is -0.910. The first-order valence-corrected chi connectivity index (χ1v) is 8.13. The Kier molecular flexibility index (Phi) is 6.67. The Morgan fingerprint density at radius 2 is 2.29 bits per heavy atom. The van der Waals surface area contributed by atoms with Gasteiger partial charge in [-0.15, -0.1) is 0 Å². The van der Waals surface area contributed by atoms with Crippen LogP contribution in [0.3, 0.4) is 0 Å². The van der Waals surface area contributed by atoms with Crippen LogP contribution in [0.25, 0.3) is 0 Å². The van der Waals surface area contributed by atoms with E-state index in [1.807, 2.05) is 24.0 Å². The van der Waals surface area contributed by atoms with E-state index < -0.39 is 6.10 Å². The van der Waals surface area contributed by atoms with Gasteiger partial charge < -0.3 is 19.7 Å². The fraction of sp³-hybridized carbons (Fsp3) is 0.812. The van der Waals surface area contributed by atoms with Crippen LogP contribution < -0.4 is 5.32 Å². The molecule has 1 fully saturated rings. The highest BCUT2D eigenvalue weighted by Gasteiger charge is 2.22. The smallest absolute Gasteiger partial charge is 0.109 e. The second-order valence-corrected chi connectivity index (χ2v) is 6.20. The molecule has 0 aliphatic heterocycles. The molecule has 3 unspecified atom stereocenters. The number of rotatable bonds is 8. The van der Waals surface area contributed by atoms with Gasteiger partial charge in [-0.3, -0.25) is 0 Å². The monoisotopic (exact) mass is 295 g/mol. The van der Waals surface area contributed by atoms with Gasteiger partial charge in [-0.2, -0.15) is 0 Å². The summed E-state index contributed by atoms with van der Waals surface area (Å²) in [5.74, 6) is 1.69. The van der Waals surface area contributed by atoms with E-state index in [0.717, 1.165) is 25.2 Å². The summed E-state index contributed by atoms with van der Waals surface area (Å²) in [6, 6.07) is 0. The van der Waals surface area contributed by atoms with Gasteiger partial charge in [0.15, 0.2) is 0 Å². The molecule has 1 aliphatic carbocycles. The predicted molar refractivity (Wildman–Crippen MR) is 83.2 cm³/mol.